The number of phenols is 1. The summed E-state index contributed by atoms with van der Waals surface area (Å²) >= 11 is 0. The number of imidazole rings is 1. The average Bonchev–Trinajstić information content (AvgIpc) is 4.14. The van der Waals surface area contributed by atoms with Gasteiger partial charge in [-0.05, 0) is 79.5 Å². The Balaban J connectivity index is 1.37. The van der Waals surface area contributed by atoms with Gasteiger partial charge in [0.15, 0.2) is 5.96 Å². The van der Waals surface area contributed by atoms with Crippen LogP contribution in [0.5, 0.6) is 5.75 Å². The van der Waals surface area contributed by atoms with Crippen molar-refractivity contribution in [2.75, 3.05) is 19.6 Å². The minimum Gasteiger partial charge on any atom is -0.508 e. The second-order valence-electron chi connectivity index (χ2n) is 19.5. The number of nitrogens with two attached hydrogens (primary N) is 5. The van der Waals surface area contributed by atoms with Crippen LogP contribution in [0.4, 0.5) is 0 Å². The van der Waals surface area contributed by atoms with E-state index in [-0.39, 0.29) is 69.7 Å². The summed E-state index contributed by atoms with van der Waals surface area (Å²) in [6, 6.07) is 13.6. The molecule has 8 amide bonds. The number of fused-ring (bicyclic) bond motifs is 1. The van der Waals surface area contributed by atoms with Gasteiger partial charge in [-0.15, -0.1) is 0 Å². The number of rotatable bonds is 32. The van der Waals surface area contributed by atoms with E-state index >= 15 is 0 Å². The molecule has 3 aromatic carbocycles. The number of nitrogens with one attached hydrogen (secondary N) is 9. The molecule has 0 unspecified atom stereocenters. The smallest absolute Gasteiger partial charge is 0.243 e. The first kappa shape index (κ1) is 61.0. The molecule has 2 aromatic heterocycles. The van der Waals surface area contributed by atoms with Gasteiger partial charge in [0.25, 0.3) is 0 Å². The zero-order valence-corrected chi connectivity index (χ0v) is 44.3. The van der Waals surface area contributed by atoms with Crippen molar-refractivity contribution in [3.05, 3.63) is 120 Å². The zero-order valence-electron chi connectivity index (χ0n) is 44.3. The maximum absolute atomic E-state index is 14.6. The van der Waals surface area contributed by atoms with Gasteiger partial charge < -0.3 is 81.0 Å². The van der Waals surface area contributed by atoms with Crippen molar-refractivity contribution >= 4 is 64.1 Å². The van der Waals surface area contributed by atoms with Crippen molar-refractivity contribution in [3.8, 4) is 5.75 Å². The molecular formula is C54H74N16O9. The Morgan fingerprint density at radius 2 is 1.19 bits per heavy atom. The number of carbonyl (C=O) groups excluding carboxylic acids is 8. The first-order valence-corrected chi connectivity index (χ1v) is 26.0. The van der Waals surface area contributed by atoms with Gasteiger partial charge in [0.2, 0.25) is 47.3 Å². The molecule has 0 saturated heterocycles. The average molecular weight is 1090 g/mol. The third kappa shape index (κ3) is 19.9. The number of guanidine groups is 1. The number of phenolic OH excluding ortho intramolecular Hbond substituents is 1. The van der Waals surface area contributed by atoms with Gasteiger partial charge >= 0.3 is 0 Å². The third-order valence-electron chi connectivity index (χ3n) is 12.9. The summed E-state index contributed by atoms with van der Waals surface area (Å²) in [6.07, 6.45) is 5.71. The van der Waals surface area contributed by atoms with E-state index in [1.165, 1.54) is 24.7 Å². The lowest BCUT2D eigenvalue weighted by Gasteiger charge is -2.26. The summed E-state index contributed by atoms with van der Waals surface area (Å²) < 4.78 is 0. The molecule has 424 valence electrons. The number of para-hydroxylation sites is 1. The summed E-state index contributed by atoms with van der Waals surface area (Å²) in [6.45, 7) is 3.07. The minimum atomic E-state index is -1.37. The Bertz CT molecular complexity index is 2840. The molecule has 25 nitrogen and oxygen atoms in total. The van der Waals surface area contributed by atoms with E-state index in [0.717, 1.165) is 10.9 Å². The fraction of sp³-hybridized carbons (Fsp3) is 0.407. The van der Waals surface area contributed by atoms with E-state index in [1.807, 2.05) is 18.2 Å². The topological polar surface area (TPSA) is 428 Å². The number of hydrogen-bond donors (Lipinski definition) is 15. The maximum atomic E-state index is 14.6. The molecule has 0 aliphatic carbocycles. The fourth-order valence-corrected chi connectivity index (χ4v) is 8.58. The Morgan fingerprint density at radius 3 is 1.81 bits per heavy atom. The number of hydrogen-bond acceptors (Lipinski definition) is 13. The van der Waals surface area contributed by atoms with Gasteiger partial charge in [-0.3, -0.25) is 43.3 Å². The largest absolute Gasteiger partial charge is 0.508 e. The first-order chi connectivity index (χ1) is 37.8. The molecule has 0 saturated carbocycles. The quantitative estimate of drug-likeness (QED) is 0.0133. The molecule has 7 atom stereocenters. The van der Waals surface area contributed by atoms with Crippen LogP contribution in [-0.2, 0) is 64.0 Å². The third-order valence-corrected chi connectivity index (χ3v) is 12.9. The molecule has 0 bridgehead atoms. The molecule has 79 heavy (non-hydrogen) atoms. The summed E-state index contributed by atoms with van der Waals surface area (Å²) in [5.41, 5.74) is 32.0. The molecule has 2 heterocycles. The van der Waals surface area contributed by atoms with Crippen molar-refractivity contribution in [1.29, 1.82) is 0 Å². The predicted octanol–water partition coefficient (Wildman–Crippen LogP) is -1.46. The second kappa shape index (κ2) is 30.8. The lowest BCUT2D eigenvalue weighted by molar-refractivity contribution is -0.134. The van der Waals surface area contributed by atoms with E-state index in [4.69, 9.17) is 28.7 Å². The number of nitrogens with zero attached hydrogens (tertiary/aromatic N) is 2. The van der Waals surface area contributed by atoms with Gasteiger partial charge in [-0.25, -0.2) is 4.98 Å². The fourth-order valence-electron chi connectivity index (χ4n) is 8.58. The Hall–Kier alpha value is -8.84. The number of aromatic amines is 2. The predicted molar refractivity (Wildman–Crippen MR) is 296 cm³/mol. The highest BCUT2D eigenvalue weighted by Gasteiger charge is 2.33. The summed E-state index contributed by atoms with van der Waals surface area (Å²) in [5, 5.41) is 29.4. The number of primary amides is 1. The Kier molecular flexibility index (Phi) is 23.8. The van der Waals surface area contributed by atoms with Crippen molar-refractivity contribution in [2.45, 2.75) is 114 Å². The van der Waals surface area contributed by atoms with Crippen LogP contribution in [0, 0.1) is 5.92 Å². The van der Waals surface area contributed by atoms with Crippen molar-refractivity contribution in [2.24, 2.45) is 39.6 Å². The number of carbonyl (C=O) groups is 8. The number of aromatic nitrogens is 3. The number of H-pyrrole nitrogens is 2. The van der Waals surface area contributed by atoms with Gasteiger partial charge in [-0.1, -0.05) is 74.5 Å². The molecule has 0 spiro atoms. The van der Waals surface area contributed by atoms with E-state index in [9.17, 15) is 43.5 Å². The van der Waals surface area contributed by atoms with Crippen LogP contribution in [-0.4, -0.2) is 135 Å². The second-order valence-corrected chi connectivity index (χ2v) is 19.5. The summed E-state index contributed by atoms with van der Waals surface area (Å²) in [5.74, 6) is -6.63. The lowest BCUT2D eigenvalue weighted by Crippen LogP contribution is -2.59. The van der Waals surface area contributed by atoms with Crippen LogP contribution in [0.3, 0.4) is 0 Å². The zero-order chi connectivity index (χ0) is 57.4. The highest BCUT2D eigenvalue weighted by molar-refractivity contribution is 5.97. The lowest BCUT2D eigenvalue weighted by atomic mass is 10.0. The van der Waals surface area contributed by atoms with Gasteiger partial charge in [0.05, 0.1) is 18.9 Å². The number of amides is 8. The SMILES string of the molecule is CC(C)[C@H](NC(=O)[C@H](Cc1ccc(O)cc1)NC(=O)[C@H](CCCCN)NC(=O)CNC(=O)[C@H](Cc1c[nH]c2ccccc12)NC(=O)[C@H](CCCN=C(N)N)NC(=O)[C@H](Cc1ccccc1)NC(=O)[C@@H](N)Cc1cnc[nH]1)C(N)=O. The maximum Gasteiger partial charge on any atom is 0.243 e. The van der Waals surface area contributed by atoms with E-state index < -0.39 is 102 Å². The number of aliphatic imine (C=N–C) groups is 1. The number of unbranched alkanes of at least 4 members (excludes halogenated alkanes) is 1. The molecule has 5 rings (SSSR count). The van der Waals surface area contributed by atoms with Crippen LogP contribution in [0.25, 0.3) is 10.9 Å². The first-order valence-electron chi connectivity index (χ1n) is 26.0. The number of benzene rings is 3. The van der Waals surface area contributed by atoms with Gasteiger partial charge in [0, 0.05) is 61.2 Å². The Labute approximate surface area is 457 Å². The van der Waals surface area contributed by atoms with Crippen LogP contribution >= 0.6 is 0 Å². The van der Waals surface area contributed by atoms with Crippen molar-refractivity contribution in [1.82, 2.24) is 52.2 Å². The van der Waals surface area contributed by atoms with Crippen LogP contribution < -0.4 is 65.9 Å². The highest BCUT2D eigenvalue weighted by Crippen LogP contribution is 2.20. The number of aromatic hydroxyl groups is 1. The van der Waals surface area contributed by atoms with Crippen molar-refractivity contribution < 1.29 is 43.5 Å². The van der Waals surface area contributed by atoms with E-state index in [1.54, 1.807) is 68.6 Å². The van der Waals surface area contributed by atoms with E-state index in [2.05, 4.69) is 57.2 Å². The van der Waals surface area contributed by atoms with Gasteiger partial charge in [0.1, 0.15) is 42.0 Å². The monoisotopic (exact) mass is 1090 g/mol. The minimum absolute atomic E-state index is 0.0200. The van der Waals surface area contributed by atoms with Crippen LogP contribution in [0.15, 0.2) is 103 Å². The van der Waals surface area contributed by atoms with Gasteiger partial charge in [-0.2, -0.15) is 0 Å². The molecular weight excluding hydrogens is 1020 g/mol. The van der Waals surface area contributed by atoms with E-state index in [0.29, 0.717) is 35.2 Å². The standard InChI is InChI=1S/C54H74N16O9/c1-31(2)46(47(57)73)70-53(79)43(24-33-17-19-36(71)20-18-33)68-50(76)40(15-8-9-21-55)65-45(72)29-63-49(75)44(25-34-27-62-39-14-7-6-13-37(34)39)69-51(77)41(16-10-22-61-54(58)59)66-52(78)42(23-32-11-4-3-5-12-32)67-48(74)38(56)26-35-28-60-30-64-35/h3-7,11-14,17-20,27-28,30-31,38,40-44,46,62,71H,8-10,15-16,21-26,29,55-56H2,1-2H3,(H2,57,73)(H,60,64)(H,63,75)(H,65,72)(H,66,78)(H,67,74)(H,68,76)(H,69,77)(H,70,79)(H4,58,59,61)/t38-,40-,41-,42-,43-,44-,46-/m0/s1. The molecule has 0 radical (unpaired) electrons. The molecule has 25 heteroatoms. The Morgan fingerprint density at radius 1 is 0.620 bits per heavy atom. The molecule has 0 aliphatic rings. The molecule has 0 fully saturated rings. The summed E-state index contributed by atoms with van der Waals surface area (Å²) in [7, 11) is 0. The molecule has 20 N–H and O–H groups in total. The van der Waals surface area contributed by atoms with Crippen LogP contribution in [0.2, 0.25) is 0 Å². The molecule has 5 aromatic rings. The van der Waals surface area contributed by atoms with Crippen LogP contribution in [0.1, 0.15) is 68.3 Å². The highest BCUT2D eigenvalue weighted by atomic mass is 16.3. The van der Waals surface area contributed by atoms with Crippen molar-refractivity contribution in [3.63, 3.8) is 0 Å². The molecule has 0 aliphatic heterocycles. The summed E-state index contributed by atoms with van der Waals surface area (Å²) in [4.78, 5) is 125. The normalized spacial score (nSPS) is 13.8.